The first kappa shape index (κ1) is 12.1. The van der Waals surface area contributed by atoms with E-state index in [2.05, 4.69) is 18.3 Å². The normalized spacial score (nSPS) is 17.9. The predicted molar refractivity (Wildman–Crippen MR) is 75.5 cm³/mol. The van der Waals surface area contributed by atoms with Gasteiger partial charge in [-0.05, 0) is 55.0 Å². The summed E-state index contributed by atoms with van der Waals surface area (Å²) in [6, 6.07) is 7.70. The monoisotopic (exact) mass is 263 g/mol. The molecule has 0 spiro atoms. The first-order valence-electron chi connectivity index (χ1n) is 6.70. The van der Waals surface area contributed by atoms with Crippen LogP contribution in [0.2, 0.25) is 0 Å². The summed E-state index contributed by atoms with van der Waals surface area (Å²) in [5.74, 6) is 0.623. The van der Waals surface area contributed by atoms with Crippen LogP contribution in [0.3, 0.4) is 0 Å². The van der Waals surface area contributed by atoms with Gasteiger partial charge in [0.25, 0.3) is 0 Å². The van der Waals surface area contributed by atoms with Crippen molar-refractivity contribution in [2.75, 3.05) is 6.54 Å². The number of fused-ring (bicyclic) bond motifs is 1. The van der Waals surface area contributed by atoms with Crippen molar-refractivity contribution in [1.82, 2.24) is 5.32 Å². The fourth-order valence-corrected chi connectivity index (χ4v) is 3.90. The van der Waals surface area contributed by atoms with E-state index in [9.17, 15) is 4.39 Å². The largest absolute Gasteiger partial charge is 0.309 e. The van der Waals surface area contributed by atoms with Crippen molar-refractivity contribution in [2.45, 2.75) is 32.2 Å². The summed E-state index contributed by atoms with van der Waals surface area (Å²) in [4.78, 5) is 1.36. The second-order valence-corrected chi connectivity index (χ2v) is 6.17. The van der Waals surface area contributed by atoms with Crippen LogP contribution < -0.4 is 5.32 Å². The molecule has 1 unspecified atom stereocenters. The Bertz CT molecular complexity index is 544. The molecule has 1 aromatic heterocycles. The summed E-state index contributed by atoms with van der Waals surface area (Å²) in [6.45, 7) is 3.14. The lowest BCUT2D eigenvalue weighted by atomic mass is 9.79. The highest BCUT2D eigenvalue weighted by atomic mass is 32.1. The number of nitrogens with one attached hydrogen (secondary N) is 1. The van der Waals surface area contributed by atoms with Gasteiger partial charge in [0.15, 0.2) is 0 Å². The minimum Gasteiger partial charge on any atom is -0.309 e. The Balaban J connectivity index is 1.95. The molecular formula is C15H18FNS. The molecule has 96 valence electrons. The van der Waals surface area contributed by atoms with Gasteiger partial charge in [0, 0.05) is 15.6 Å². The third kappa shape index (κ3) is 2.17. The zero-order valence-electron chi connectivity index (χ0n) is 10.6. The van der Waals surface area contributed by atoms with Crippen molar-refractivity contribution in [1.29, 1.82) is 0 Å². The van der Waals surface area contributed by atoms with E-state index in [0.29, 0.717) is 6.04 Å². The van der Waals surface area contributed by atoms with E-state index in [1.165, 1.54) is 28.8 Å². The van der Waals surface area contributed by atoms with E-state index in [-0.39, 0.29) is 5.82 Å². The lowest BCUT2D eigenvalue weighted by Crippen LogP contribution is -2.31. The Kier molecular flexibility index (Phi) is 3.35. The standard InChI is InChI=1S/C15H18FNS/c1-2-17-15(10-4-3-5-10)14-9-11-8-12(16)6-7-13(11)18-14/h6-10,15,17H,2-5H2,1H3. The minimum atomic E-state index is -0.143. The molecule has 1 aliphatic carbocycles. The lowest BCUT2D eigenvalue weighted by molar-refractivity contribution is 0.236. The van der Waals surface area contributed by atoms with Gasteiger partial charge >= 0.3 is 0 Å². The number of benzene rings is 1. The van der Waals surface area contributed by atoms with Gasteiger partial charge in [-0.1, -0.05) is 13.3 Å². The van der Waals surface area contributed by atoms with Crippen molar-refractivity contribution in [3.63, 3.8) is 0 Å². The maximum Gasteiger partial charge on any atom is 0.123 e. The molecule has 3 rings (SSSR count). The molecule has 2 aromatic rings. The second kappa shape index (κ2) is 4.98. The molecule has 18 heavy (non-hydrogen) atoms. The van der Waals surface area contributed by atoms with Gasteiger partial charge in [0.1, 0.15) is 5.82 Å². The molecule has 1 fully saturated rings. The number of hydrogen-bond donors (Lipinski definition) is 1. The van der Waals surface area contributed by atoms with Crippen molar-refractivity contribution >= 4 is 21.4 Å². The highest BCUT2D eigenvalue weighted by Gasteiger charge is 2.28. The molecule has 1 nitrogen and oxygen atoms in total. The van der Waals surface area contributed by atoms with Crippen LogP contribution in [0.15, 0.2) is 24.3 Å². The molecule has 3 heteroatoms. The Morgan fingerprint density at radius 2 is 2.22 bits per heavy atom. The van der Waals surface area contributed by atoms with Crippen molar-refractivity contribution in [3.05, 3.63) is 35.0 Å². The number of halogens is 1. The zero-order chi connectivity index (χ0) is 12.5. The molecule has 1 aliphatic rings. The molecule has 0 radical (unpaired) electrons. The van der Waals surface area contributed by atoms with Crippen molar-refractivity contribution in [3.8, 4) is 0 Å². The quantitative estimate of drug-likeness (QED) is 0.857. The molecule has 0 aliphatic heterocycles. The van der Waals surface area contributed by atoms with E-state index in [1.54, 1.807) is 23.5 Å². The van der Waals surface area contributed by atoms with Gasteiger partial charge in [0.05, 0.1) is 0 Å². The van der Waals surface area contributed by atoms with E-state index in [0.717, 1.165) is 17.8 Å². The Labute approximate surface area is 111 Å². The topological polar surface area (TPSA) is 12.0 Å². The molecule has 1 saturated carbocycles. The molecular weight excluding hydrogens is 245 g/mol. The molecule has 1 aromatic carbocycles. The second-order valence-electron chi connectivity index (χ2n) is 5.06. The third-order valence-electron chi connectivity index (χ3n) is 3.85. The molecule has 0 saturated heterocycles. The predicted octanol–water partition coefficient (Wildman–Crippen LogP) is 4.49. The van der Waals surface area contributed by atoms with E-state index >= 15 is 0 Å². The van der Waals surface area contributed by atoms with Gasteiger partial charge in [-0.15, -0.1) is 11.3 Å². The average molecular weight is 263 g/mol. The maximum absolute atomic E-state index is 13.2. The summed E-state index contributed by atoms with van der Waals surface area (Å²) in [7, 11) is 0. The minimum absolute atomic E-state index is 0.143. The fourth-order valence-electron chi connectivity index (χ4n) is 2.68. The molecule has 1 heterocycles. The number of rotatable bonds is 4. The van der Waals surface area contributed by atoms with Gasteiger partial charge in [-0.25, -0.2) is 4.39 Å². The van der Waals surface area contributed by atoms with Crippen LogP contribution in [0.25, 0.3) is 10.1 Å². The van der Waals surface area contributed by atoms with Gasteiger partial charge < -0.3 is 5.32 Å². The van der Waals surface area contributed by atoms with Crippen LogP contribution in [0.4, 0.5) is 4.39 Å². The van der Waals surface area contributed by atoms with Crippen LogP contribution in [0.5, 0.6) is 0 Å². The first-order valence-corrected chi connectivity index (χ1v) is 7.52. The molecule has 1 N–H and O–H groups in total. The van der Waals surface area contributed by atoms with Crippen molar-refractivity contribution in [2.24, 2.45) is 5.92 Å². The Morgan fingerprint density at radius 1 is 1.39 bits per heavy atom. The smallest absolute Gasteiger partial charge is 0.123 e. The number of thiophene rings is 1. The van der Waals surface area contributed by atoms with E-state index in [1.807, 2.05) is 6.07 Å². The Morgan fingerprint density at radius 3 is 2.89 bits per heavy atom. The summed E-state index contributed by atoms with van der Waals surface area (Å²) >= 11 is 1.80. The summed E-state index contributed by atoms with van der Waals surface area (Å²) < 4.78 is 14.4. The first-order chi connectivity index (χ1) is 8.78. The zero-order valence-corrected chi connectivity index (χ0v) is 11.4. The fraction of sp³-hybridized carbons (Fsp3) is 0.467. The Hall–Kier alpha value is -0.930. The van der Waals surface area contributed by atoms with Gasteiger partial charge in [0.2, 0.25) is 0 Å². The molecule has 0 amide bonds. The highest BCUT2D eigenvalue weighted by molar-refractivity contribution is 7.19. The lowest BCUT2D eigenvalue weighted by Gasteiger charge is -2.33. The van der Waals surface area contributed by atoms with E-state index in [4.69, 9.17) is 0 Å². The average Bonchev–Trinajstić information content (AvgIpc) is 2.68. The highest BCUT2D eigenvalue weighted by Crippen LogP contribution is 2.41. The van der Waals surface area contributed by atoms with Crippen LogP contribution in [0, 0.1) is 11.7 Å². The third-order valence-corrected chi connectivity index (χ3v) is 5.05. The SMILES string of the molecule is CCNC(c1cc2cc(F)ccc2s1)C1CCC1. The van der Waals surface area contributed by atoms with Crippen LogP contribution >= 0.6 is 11.3 Å². The van der Waals surface area contributed by atoms with Gasteiger partial charge in [-0.2, -0.15) is 0 Å². The molecule has 0 bridgehead atoms. The molecule has 1 atom stereocenters. The van der Waals surface area contributed by atoms with Gasteiger partial charge in [-0.3, -0.25) is 0 Å². The van der Waals surface area contributed by atoms with Crippen molar-refractivity contribution < 1.29 is 4.39 Å². The summed E-state index contributed by atoms with van der Waals surface area (Å²) in [5.41, 5.74) is 0. The summed E-state index contributed by atoms with van der Waals surface area (Å²) in [5, 5.41) is 4.63. The summed E-state index contributed by atoms with van der Waals surface area (Å²) in [6.07, 6.45) is 3.99. The maximum atomic E-state index is 13.2. The van der Waals surface area contributed by atoms with Crippen LogP contribution in [0.1, 0.15) is 37.1 Å². The van der Waals surface area contributed by atoms with Crippen LogP contribution in [-0.4, -0.2) is 6.54 Å². The van der Waals surface area contributed by atoms with Crippen LogP contribution in [-0.2, 0) is 0 Å². The number of hydrogen-bond acceptors (Lipinski definition) is 2. The van der Waals surface area contributed by atoms with E-state index < -0.39 is 0 Å².